The highest BCUT2D eigenvalue weighted by atomic mass is 32.2. The van der Waals surface area contributed by atoms with Crippen LogP contribution in [0.4, 0.5) is 5.69 Å². The van der Waals surface area contributed by atoms with Crippen LogP contribution >= 0.6 is 11.8 Å². The van der Waals surface area contributed by atoms with Crippen molar-refractivity contribution in [3.05, 3.63) is 100.0 Å². The van der Waals surface area contributed by atoms with Crippen molar-refractivity contribution in [2.75, 3.05) is 14.2 Å². The molecule has 1 aliphatic heterocycles. The Balaban J connectivity index is 1.53. The van der Waals surface area contributed by atoms with Gasteiger partial charge in [-0.1, -0.05) is 48.0 Å². The first-order valence-electron chi connectivity index (χ1n) is 10.7. The van der Waals surface area contributed by atoms with Gasteiger partial charge in [-0.3, -0.25) is 9.69 Å². The first-order chi connectivity index (χ1) is 16.4. The number of aryl methyl sites for hydroxylation is 1. The fourth-order valence-electron chi connectivity index (χ4n) is 3.39. The fourth-order valence-corrected chi connectivity index (χ4v) is 4.37. The Morgan fingerprint density at radius 1 is 1.06 bits per heavy atom. The summed E-state index contributed by atoms with van der Waals surface area (Å²) in [6.07, 6.45) is 1.83. The van der Waals surface area contributed by atoms with Crippen LogP contribution in [0, 0.1) is 6.92 Å². The zero-order valence-corrected chi connectivity index (χ0v) is 20.0. The number of benzene rings is 3. The molecule has 0 bridgehead atoms. The molecule has 4 rings (SSSR count). The third kappa shape index (κ3) is 5.38. The number of nitrogens with zero attached hydrogens (tertiary/aromatic N) is 2. The molecule has 1 amide bonds. The molecule has 34 heavy (non-hydrogen) atoms. The Morgan fingerprint density at radius 2 is 1.82 bits per heavy atom. The third-order valence-electron chi connectivity index (χ3n) is 5.20. The molecule has 0 aromatic heterocycles. The molecule has 0 unspecified atom stereocenters. The highest BCUT2D eigenvalue weighted by Gasteiger charge is 2.30. The fraction of sp³-hybridized carbons (Fsp3) is 0.148. The van der Waals surface area contributed by atoms with E-state index in [1.165, 1.54) is 29.3 Å². The van der Waals surface area contributed by atoms with Crippen molar-refractivity contribution < 1.29 is 19.1 Å². The third-order valence-corrected chi connectivity index (χ3v) is 6.26. The number of aliphatic imine (C=N–C) groups is 1. The van der Waals surface area contributed by atoms with E-state index < -0.39 is 5.97 Å². The molecule has 0 saturated carbocycles. The number of rotatable bonds is 6. The summed E-state index contributed by atoms with van der Waals surface area (Å²) in [6.45, 7) is 2.49. The lowest BCUT2D eigenvalue weighted by Crippen LogP contribution is -2.23. The van der Waals surface area contributed by atoms with Crippen molar-refractivity contribution in [3.63, 3.8) is 0 Å². The van der Waals surface area contributed by atoms with Gasteiger partial charge < -0.3 is 9.47 Å². The Morgan fingerprint density at radius 3 is 2.56 bits per heavy atom. The summed E-state index contributed by atoms with van der Waals surface area (Å²) >= 11 is 1.30. The standard InChI is InChI=1S/C27H24N2O4S/c1-18-7-6-8-19(15-18)17-33-23-10-5-4-9-21(23)16-24-25(30)29(2)27(34-24)28-22-13-11-20(12-14-22)26(31)32-3/h4-16H,17H2,1-3H3. The minimum absolute atomic E-state index is 0.136. The monoisotopic (exact) mass is 472 g/mol. The van der Waals surface area contributed by atoms with Crippen LogP contribution in [0.25, 0.3) is 6.08 Å². The average Bonchev–Trinajstić information content (AvgIpc) is 3.11. The van der Waals surface area contributed by atoms with E-state index >= 15 is 0 Å². The highest BCUT2D eigenvalue weighted by Crippen LogP contribution is 2.35. The minimum Gasteiger partial charge on any atom is -0.488 e. The molecule has 172 valence electrons. The highest BCUT2D eigenvalue weighted by molar-refractivity contribution is 8.18. The summed E-state index contributed by atoms with van der Waals surface area (Å²) in [4.78, 5) is 31.1. The predicted octanol–water partition coefficient (Wildman–Crippen LogP) is 5.59. The number of likely N-dealkylation sites (N-methyl/N-ethyl adjacent to an activating group) is 1. The maximum absolute atomic E-state index is 12.9. The molecular formula is C27H24N2O4S. The largest absolute Gasteiger partial charge is 0.488 e. The van der Waals surface area contributed by atoms with Crippen molar-refractivity contribution in [3.8, 4) is 5.75 Å². The maximum Gasteiger partial charge on any atom is 0.337 e. The Bertz CT molecular complexity index is 1280. The zero-order valence-electron chi connectivity index (χ0n) is 19.1. The summed E-state index contributed by atoms with van der Waals surface area (Å²) in [5.74, 6) is 0.162. The van der Waals surface area contributed by atoms with Crippen LogP contribution in [0.1, 0.15) is 27.0 Å². The van der Waals surface area contributed by atoms with E-state index in [1.54, 1.807) is 31.3 Å². The molecule has 3 aromatic rings. The summed E-state index contributed by atoms with van der Waals surface area (Å²) in [6, 6.07) is 22.5. The topological polar surface area (TPSA) is 68.2 Å². The Kier molecular flexibility index (Phi) is 7.13. The van der Waals surface area contributed by atoms with Crippen molar-refractivity contribution in [1.29, 1.82) is 0 Å². The van der Waals surface area contributed by atoms with Crippen molar-refractivity contribution in [1.82, 2.24) is 4.90 Å². The first-order valence-corrected chi connectivity index (χ1v) is 11.5. The number of carbonyl (C=O) groups is 2. The van der Waals surface area contributed by atoms with Gasteiger partial charge in [-0.25, -0.2) is 9.79 Å². The van der Waals surface area contributed by atoms with Gasteiger partial charge in [0.1, 0.15) is 12.4 Å². The van der Waals surface area contributed by atoms with Gasteiger partial charge in [0.15, 0.2) is 5.17 Å². The number of hydrogen-bond acceptors (Lipinski definition) is 6. The molecule has 0 radical (unpaired) electrons. The molecule has 1 aliphatic rings. The average molecular weight is 473 g/mol. The smallest absolute Gasteiger partial charge is 0.337 e. The second-order valence-corrected chi connectivity index (χ2v) is 8.73. The number of ether oxygens (including phenoxy) is 2. The second-order valence-electron chi connectivity index (χ2n) is 7.72. The summed E-state index contributed by atoms with van der Waals surface area (Å²) in [5.41, 5.74) is 4.17. The number of esters is 1. The normalized spacial score (nSPS) is 15.7. The molecule has 6 nitrogen and oxygen atoms in total. The molecule has 3 aromatic carbocycles. The lowest BCUT2D eigenvalue weighted by Gasteiger charge is -2.10. The molecule has 0 atom stereocenters. The van der Waals surface area contributed by atoms with Gasteiger partial charge in [-0.05, 0) is 60.7 Å². The number of hydrogen-bond donors (Lipinski definition) is 0. The van der Waals surface area contributed by atoms with Crippen LogP contribution in [0.15, 0.2) is 82.7 Å². The SMILES string of the molecule is COC(=O)c1ccc(N=C2SC(=Cc3ccccc3OCc3cccc(C)c3)C(=O)N2C)cc1. The predicted molar refractivity (Wildman–Crippen MR) is 135 cm³/mol. The van der Waals surface area contributed by atoms with Gasteiger partial charge in [-0.2, -0.15) is 0 Å². The van der Waals surface area contributed by atoms with E-state index in [9.17, 15) is 9.59 Å². The molecule has 1 fully saturated rings. The maximum atomic E-state index is 12.9. The van der Waals surface area contributed by atoms with Gasteiger partial charge in [0, 0.05) is 12.6 Å². The summed E-state index contributed by atoms with van der Waals surface area (Å²) < 4.78 is 10.8. The van der Waals surface area contributed by atoms with Crippen LogP contribution < -0.4 is 4.74 Å². The number of methoxy groups -OCH3 is 1. The molecule has 1 saturated heterocycles. The van der Waals surface area contributed by atoms with Crippen LogP contribution in [-0.4, -0.2) is 36.1 Å². The van der Waals surface area contributed by atoms with Crippen molar-refractivity contribution in [2.24, 2.45) is 4.99 Å². The molecule has 0 aliphatic carbocycles. The van der Waals surface area contributed by atoms with Gasteiger partial charge in [0.05, 0.1) is 23.3 Å². The summed E-state index contributed by atoms with van der Waals surface area (Å²) in [5, 5.41) is 0.556. The molecule has 0 spiro atoms. The van der Waals surface area contributed by atoms with Gasteiger partial charge >= 0.3 is 5.97 Å². The molecule has 1 heterocycles. The van der Waals surface area contributed by atoms with Gasteiger partial charge in [0.2, 0.25) is 0 Å². The van der Waals surface area contributed by atoms with Crippen LogP contribution in [-0.2, 0) is 16.1 Å². The van der Waals surface area contributed by atoms with Crippen LogP contribution in [0.5, 0.6) is 5.75 Å². The Hall–Kier alpha value is -3.84. The molecular weight excluding hydrogens is 448 g/mol. The van der Waals surface area contributed by atoms with E-state index in [4.69, 9.17) is 9.47 Å². The van der Waals surface area contributed by atoms with E-state index in [1.807, 2.05) is 55.5 Å². The van der Waals surface area contributed by atoms with Crippen LogP contribution in [0.2, 0.25) is 0 Å². The van der Waals surface area contributed by atoms with E-state index in [0.717, 1.165) is 11.1 Å². The van der Waals surface area contributed by atoms with Crippen LogP contribution in [0.3, 0.4) is 0 Å². The van der Waals surface area contributed by atoms with Gasteiger partial charge in [0.25, 0.3) is 5.91 Å². The first kappa shape index (κ1) is 23.3. The number of amides is 1. The number of amidine groups is 1. The number of carbonyl (C=O) groups excluding carboxylic acids is 2. The zero-order chi connectivity index (χ0) is 24.1. The van der Waals surface area contributed by atoms with E-state index in [-0.39, 0.29) is 5.91 Å². The van der Waals surface area contributed by atoms with E-state index in [2.05, 4.69) is 11.1 Å². The van der Waals surface area contributed by atoms with Crippen molar-refractivity contribution in [2.45, 2.75) is 13.5 Å². The number of thioether (sulfide) groups is 1. The van der Waals surface area contributed by atoms with E-state index in [0.29, 0.717) is 33.7 Å². The lowest BCUT2D eigenvalue weighted by molar-refractivity contribution is -0.121. The minimum atomic E-state index is -0.407. The molecule has 7 heteroatoms. The Labute approximate surface area is 202 Å². The molecule has 0 N–H and O–H groups in total. The van der Waals surface area contributed by atoms with Gasteiger partial charge in [-0.15, -0.1) is 0 Å². The number of para-hydroxylation sites is 1. The summed E-state index contributed by atoms with van der Waals surface area (Å²) in [7, 11) is 3.03. The van der Waals surface area contributed by atoms with Crippen molar-refractivity contribution >= 4 is 40.6 Å². The second kappa shape index (κ2) is 10.4. The quantitative estimate of drug-likeness (QED) is 0.345. The lowest BCUT2D eigenvalue weighted by atomic mass is 10.1.